The second-order valence-electron chi connectivity index (χ2n) is 2.52. The highest BCUT2D eigenvalue weighted by Gasteiger charge is 2.05. The molecule has 0 saturated carbocycles. The van der Waals surface area contributed by atoms with Crippen molar-refractivity contribution < 1.29 is 4.79 Å². The summed E-state index contributed by atoms with van der Waals surface area (Å²) >= 11 is 1.44. The van der Waals surface area contributed by atoms with Crippen molar-refractivity contribution in [2.75, 3.05) is 5.75 Å². The van der Waals surface area contributed by atoms with Gasteiger partial charge in [0.05, 0.1) is 0 Å². The minimum absolute atomic E-state index is 0.344. The summed E-state index contributed by atoms with van der Waals surface area (Å²) in [6.07, 6.45) is 1.85. The Balaban J connectivity index is 3.37. The molecule has 0 aromatic carbocycles. The second-order valence-corrected chi connectivity index (χ2v) is 3.84. The third-order valence-corrected chi connectivity index (χ3v) is 2.29. The van der Waals surface area contributed by atoms with Crippen LogP contribution in [-0.2, 0) is 4.79 Å². The van der Waals surface area contributed by atoms with Gasteiger partial charge in [0.25, 0.3) is 0 Å². The molecule has 0 unspecified atom stereocenters. The Morgan fingerprint density at radius 2 is 2.10 bits per heavy atom. The highest BCUT2D eigenvalue weighted by atomic mass is 32.2. The van der Waals surface area contributed by atoms with Gasteiger partial charge in [-0.1, -0.05) is 39.0 Å². The zero-order valence-electron chi connectivity index (χ0n) is 7.02. The zero-order valence-corrected chi connectivity index (χ0v) is 7.83. The Labute approximate surface area is 67.6 Å². The van der Waals surface area contributed by atoms with Gasteiger partial charge in [-0.2, -0.15) is 0 Å². The molecule has 0 spiro atoms. The largest absolute Gasteiger partial charge is 0.287 e. The average molecular weight is 160 g/mol. The van der Waals surface area contributed by atoms with E-state index in [0.29, 0.717) is 11.0 Å². The van der Waals surface area contributed by atoms with E-state index in [1.165, 1.54) is 11.8 Å². The quantitative estimate of drug-likeness (QED) is 0.629. The van der Waals surface area contributed by atoms with E-state index in [1.54, 1.807) is 0 Å². The van der Waals surface area contributed by atoms with Crippen LogP contribution >= 0.6 is 11.8 Å². The van der Waals surface area contributed by atoms with E-state index >= 15 is 0 Å². The molecule has 0 bridgehead atoms. The number of rotatable bonds is 4. The van der Waals surface area contributed by atoms with Gasteiger partial charge in [-0.05, 0) is 11.7 Å². The summed E-state index contributed by atoms with van der Waals surface area (Å²) in [7, 11) is 0. The predicted molar refractivity (Wildman–Crippen MR) is 47.2 cm³/mol. The normalized spacial score (nSPS) is 13.1. The lowest BCUT2D eigenvalue weighted by Crippen LogP contribution is -2.00. The summed E-state index contributed by atoms with van der Waals surface area (Å²) in [5.41, 5.74) is 0. The average Bonchev–Trinajstić information content (AvgIpc) is 1.88. The van der Waals surface area contributed by atoms with E-state index in [1.807, 2.05) is 6.92 Å². The molecule has 0 aromatic heterocycles. The molecule has 0 radical (unpaired) electrons. The maximum atomic E-state index is 11.0. The van der Waals surface area contributed by atoms with Gasteiger partial charge in [-0.25, -0.2) is 0 Å². The van der Waals surface area contributed by atoms with Crippen LogP contribution in [0.3, 0.4) is 0 Å². The summed E-state index contributed by atoms with van der Waals surface area (Å²) in [6.45, 7) is 6.25. The minimum Gasteiger partial charge on any atom is -0.287 e. The molecule has 0 N–H and O–H groups in total. The van der Waals surface area contributed by atoms with Crippen LogP contribution in [0.5, 0.6) is 0 Å². The van der Waals surface area contributed by atoms with Crippen LogP contribution < -0.4 is 0 Å². The van der Waals surface area contributed by atoms with Gasteiger partial charge in [-0.15, -0.1) is 0 Å². The van der Waals surface area contributed by atoms with Crippen molar-refractivity contribution in [3.05, 3.63) is 0 Å². The minimum atomic E-state index is 0.344. The molecule has 60 valence electrons. The van der Waals surface area contributed by atoms with Crippen LogP contribution in [0.2, 0.25) is 0 Å². The molecule has 0 heterocycles. The van der Waals surface area contributed by atoms with E-state index in [-0.39, 0.29) is 0 Å². The Morgan fingerprint density at radius 1 is 1.50 bits per heavy atom. The lowest BCUT2D eigenvalue weighted by atomic mass is 10.1. The van der Waals surface area contributed by atoms with Crippen molar-refractivity contribution in [2.24, 2.45) is 5.92 Å². The van der Waals surface area contributed by atoms with Crippen LogP contribution in [0.4, 0.5) is 0 Å². The fourth-order valence-corrected chi connectivity index (χ4v) is 1.37. The Hall–Kier alpha value is 0.0200. The standard InChI is InChI=1S/C8H16OS/c1-4-7(3)6-8(9)10-5-2/h7H,4-6H2,1-3H3/t7-/m0/s1. The maximum Gasteiger partial charge on any atom is 0.189 e. The van der Waals surface area contributed by atoms with Crippen molar-refractivity contribution in [1.82, 2.24) is 0 Å². The van der Waals surface area contributed by atoms with Crippen molar-refractivity contribution in [3.8, 4) is 0 Å². The van der Waals surface area contributed by atoms with Gasteiger partial charge in [0, 0.05) is 6.42 Å². The third-order valence-electron chi connectivity index (χ3n) is 1.52. The molecule has 2 heteroatoms. The topological polar surface area (TPSA) is 17.1 Å². The molecule has 10 heavy (non-hydrogen) atoms. The van der Waals surface area contributed by atoms with Crippen molar-refractivity contribution in [3.63, 3.8) is 0 Å². The van der Waals surface area contributed by atoms with Crippen LogP contribution in [0, 0.1) is 5.92 Å². The van der Waals surface area contributed by atoms with Gasteiger partial charge in [-0.3, -0.25) is 4.79 Å². The van der Waals surface area contributed by atoms with Gasteiger partial charge < -0.3 is 0 Å². The molecular formula is C8H16OS. The van der Waals surface area contributed by atoms with Gasteiger partial charge in [0.1, 0.15) is 0 Å². The molecule has 1 atom stereocenters. The number of thioether (sulfide) groups is 1. The fourth-order valence-electron chi connectivity index (χ4n) is 0.649. The second kappa shape index (κ2) is 5.78. The predicted octanol–water partition coefficient (Wildman–Crippen LogP) is 2.70. The van der Waals surface area contributed by atoms with Gasteiger partial charge in [0.2, 0.25) is 0 Å². The van der Waals surface area contributed by atoms with Gasteiger partial charge >= 0.3 is 0 Å². The number of carbonyl (C=O) groups is 1. The molecule has 0 saturated heterocycles. The van der Waals surface area contributed by atoms with Crippen molar-refractivity contribution in [2.45, 2.75) is 33.6 Å². The summed E-state index contributed by atoms with van der Waals surface area (Å²) in [4.78, 5) is 11.0. The lowest BCUT2D eigenvalue weighted by Gasteiger charge is -2.04. The number of hydrogen-bond donors (Lipinski definition) is 0. The molecule has 0 fully saturated rings. The Kier molecular flexibility index (Phi) is 5.79. The zero-order chi connectivity index (χ0) is 7.98. The van der Waals surface area contributed by atoms with E-state index in [4.69, 9.17) is 0 Å². The van der Waals surface area contributed by atoms with E-state index < -0.39 is 0 Å². The summed E-state index contributed by atoms with van der Waals surface area (Å²) in [5.74, 6) is 1.47. The SMILES string of the molecule is CCSC(=O)C[C@@H](C)CC. The number of carbonyl (C=O) groups excluding carboxylic acids is 1. The Morgan fingerprint density at radius 3 is 2.50 bits per heavy atom. The van der Waals surface area contributed by atoms with Crippen LogP contribution in [0.25, 0.3) is 0 Å². The van der Waals surface area contributed by atoms with Crippen LogP contribution in [0.15, 0.2) is 0 Å². The van der Waals surface area contributed by atoms with E-state index in [9.17, 15) is 4.79 Å². The van der Waals surface area contributed by atoms with Crippen molar-refractivity contribution >= 4 is 16.9 Å². The van der Waals surface area contributed by atoms with Crippen LogP contribution in [0.1, 0.15) is 33.6 Å². The third kappa shape index (κ3) is 4.86. The van der Waals surface area contributed by atoms with E-state index in [2.05, 4.69) is 13.8 Å². The molecule has 0 aliphatic rings. The number of hydrogen-bond acceptors (Lipinski definition) is 2. The van der Waals surface area contributed by atoms with Crippen molar-refractivity contribution in [1.29, 1.82) is 0 Å². The maximum absolute atomic E-state index is 11.0. The highest BCUT2D eigenvalue weighted by Crippen LogP contribution is 2.13. The summed E-state index contributed by atoms with van der Waals surface area (Å²) in [5, 5.41) is 0.344. The summed E-state index contributed by atoms with van der Waals surface area (Å²) < 4.78 is 0. The fraction of sp³-hybridized carbons (Fsp3) is 0.875. The highest BCUT2D eigenvalue weighted by molar-refractivity contribution is 8.13. The lowest BCUT2D eigenvalue weighted by molar-refractivity contribution is -0.111. The molecule has 0 aromatic rings. The Bertz CT molecular complexity index is 101. The first kappa shape index (κ1) is 10.0. The summed E-state index contributed by atoms with van der Waals surface area (Å²) in [6, 6.07) is 0. The van der Waals surface area contributed by atoms with Gasteiger partial charge in [0.15, 0.2) is 5.12 Å². The first-order valence-corrected chi connectivity index (χ1v) is 4.84. The molecular weight excluding hydrogens is 144 g/mol. The first-order valence-electron chi connectivity index (χ1n) is 3.86. The van der Waals surface area contributed by atoms with Crippen LogP contribution in [-0.4, -0.2) is 10.9 Å². The molecule has 0 aliphatic heterocycles. The molecule has 0 aliphatic carbocycles. The van der Waals surface area contributed by atoms with E-state index in [0.717, 1.165) is 18.6 Å². The molecule has 0 amide bonds. The smallest absolute Gasteiger partial charge is 0.189 e. The molecule has 1 nitrogen and oxygen atoms in total. The first-order chi connectivity index (χ1) is 4.70. The molecule has 0 rings (SSSR count). The monoisotopic (exact) mass is 160 g/mol.